The van der Waals surface area contributed by atoms with Crippen LogP contribution in [0.25, 0.3) is 22.2 Å². The van der Waals surface area contributed by atoms with E-state index in [9.17, 15) is 18.4 Å². The second-order valence-electron chi connectivity index (χ2n) is 8.36. The van der Waals surface area contributed by atoms with Gasteiger partial charge in [0.05, 0.1) is 11.0 Å². The van der Waals surface area contributed by atoms with Crippen LogP contribution in [0.1, 0.15) is 16.1 Å². The molecule has 0 spiro atoms. The number of imidazole rings is 1. The first-order valence-electron chi connectivity index (χ1n) is 11.0. The lowest BCUT2D eigenvalue weighted by Gasteiger charge is -2.33. The largest absolute Gasteiger partial charge is 0.619 e. The molecule has 2 aromatic heterocycles. The molecule has 9 nitrogen and oxygen atoms in total. The molecular weight excluding hydrogens is 490 g/mol. The van der Waals surface area contributed by atoms with E-state index >= 15 is 0 Å². The van der Waals surface area contributed by atoms with E-state index in [0.717, 1.165) is 15.9 Å². The van der Waals surface area contributed by atoms with Crippen LogP contribution in [0, 0.1) is 12.1 Å². The maximum absolute atomic E-state index is 13.1. The lowest BCUT2D eigenvalue weighted by atomic mass is 10.0. The van der Waals surface area contributed by atoms with Crippen molar-refractivity contribution >= 4 is 38.6 Å². The van der Waals surface area contributed by atoms with Crippen molar-refractivity contribution in [2.45, 2.75) is 12.1 Å². The van der Waals surface area contributed by atoms with Crippen molar-refractivity contribution in [2.75, 3.05) is 26.2 Å². The minimum atomic E-state index is -3.83. The van der Waals surface area contributed by atoms with E-state index in [4.69, 9.17) is 11.6 Å². The highest BCUT2D eigenvalue weighted by Gasteiger charge is 2.32. The molecule has 0 bridgehead atoms. The lowest BCUT2D eigenvalue weighted by Crippen LogP contribution is -2.50. The Balaban J connectivity index is 1.26. The van der Waals surface area contributed by atoms with Crippen LogP contribution in [-0.2, 0) is 10.0 Å². The average Bonchev–Trinajstić information content (AvgIpc) is 3.30. The summed E-state index contributed by atoms with van der Waals surface area (Å²) in [5.41, 5.74) is 3.95. The highest BCUT2D eigenvalue weighted by atomic mass is 35.5. The molecule has 1 saturated heterocycles. The third kappa shape index (κ3) is 4.47. The van der Waals surface area contributed by atoms with Gasteiger partial charge in [0.2, 0.25) is 5.16 Å². The van der Waals surface area contributed by atoms with Crippen LogP contribution < -0.4 is 4.73 Å². The van der Waals surface area contributed by atoms with Crippen LogP contribution in [0.3, 0.4) is 0 Å². The number of hydrogen-bond donors (Lipinski definition) is 1. The van der Waals surface area contributed by atoms with Gasteiger partial charge in [-0.3, -0.25) is 4.79 Å². The van der Waals surface area contributed by atoms with Gasteiger partial charge in [-0.25, -0.2) is 13.4 Å². The van der Waals surface area contributed by atoms with E-state index in [1.54, 1.807) is 54.3 Å². The van der Waals surface area contributed by atoms with Crippen molar-refractivity contribution in [1.29, 1.82) is 0 Å². The standard InChI is InChI=1S/C24H22ClN5O4S/c1-16-14-19(8-9-30(16)32)17-2-4-18(5-3-17)23(31)28-10-12-29(13-11-28)35(33,34)24-26-21-7-6-20(25)15-22(21)27-24/h2-9,14-15H,10-13H2,1H3,(H,26,27). The zero-order valence-electron chi connectivity index (χ0n) is 18.8. The third-order valence-electron chi connectivity index (χ3n) is 6.10. The van der Waals surface area contributed by atoms with Crippen molar-refractivity contribution in [1.82, 2.24) is 19.2 Å². The molecule has 0 aliphatic carbocycles. The third-order valence-corrected chi connectivity index (χ3v) is 8.06. The van der Waals surface area contributed by atoms with Crippen LogP contribution in [0.2, 0.25) is 5.02 Å². The number of rotatable bonds is 4. The predicted molar refractivity (Wildman–Crippen MR) is 131 cm³/mol. The Bertz CT molecular complexity index is 1530. The molecule has 11 heteroatoms. The Morgan fingerprint density at radius 1 is 1.03 bits per heavy atom. The maximum atomic E-state index is 13.1. The van der Waals surface area contributed by atoms with Crippen LogP contribution in [0.5, 0.6) is 0 Å². The molecule has 35 heavy (non-hydrogen) atoms. The fourth-order valence-corrected chi connectivity index (χ4v) is 5.62. The van der Waals surface area contributed by atoms with Crippen molar-refractivity contribution in [3.8, 4) is 11.1 Å². The first-order chi connectivity index (χ1) is 16.7. The summed E-state index contributed by atoms with van der Waals surface area (Å²) in [7, 11) is -3.83. The van der Waals surface area contributed by atoms with Gasteiger partial charge in [-0.1, -0.05) is 23.7 Å². The monoisotopic (exact) mass is 511 g/mol. The fourth-order valence-electron chi connectivity index (χ4n) is 4.10. The number of hydrogen-bond acceptors (Lipinski definition) is 5. The van der Waals surface area contributed by atoms with Crippen molar-refractivity contribution < 1.29 is 17.9 Å². The van der Waals surface area contributed by atoms with Gasteiger partial charge in [0.15, 0.2) is 11.9 Å². The number of amides is 1. The van der Waals surface area contributed by atoms with Gasteiger partial charge in [0, 0.05) is 55.8 Å². The number of H-pyrrole nitrogens is 1. The molecule has 0 saturated carbocycles. The highest BCUT2D eigenvalue weighted by molar-refractivity contribution is 7.89. The van der Waals surface area contributed by atoms with Crippen molar-refractivity contribution in [2.24, 2.45) is 0 Å². The van der Waals surface area contributed by atoms with Gasteiger partial charge in [0.1, 0.15) is 0 Å². The quantitative estimate of drug-likeness (QED) is 0.334. The van der Waals surface area contributed by atoms with E-state index < -0.39 is 10.0 Å². The molecule has 1 aliphatic rings. The molecule has 5 rings (SSSR count). The predicted octanol–water partition coefficient (Wildman–Crippen LogP) is 2.97. The number of pyridine rings is 1. The minimum absolute atomic E-state index is 0.135. The molecule has 0 unspecified atom stereocenters. The number of sulfonamides is 1. The maximum Gasteiger partial charge on any atom is 0.276 e. The minimum Gasteiger partial charge on any atom is -0.619 e. The number of carbonyl (C=O) groups is 1. The van der Waals surface area contributed by atoms with Gasteiger partial charge in [-0.05, 0) is 41.5 Å². The van der Waals surface area contributed by atoms with Gasteiger partial charge >= 0.3 is 0 Å². The smallest absolute Gasteiger partial charge is 0.276 e. The number of aromatic nitrogens is 3. The number of benzene rings is 2. The van der Waals surface area contributed by atoms with Crippen molar-refractivity contribution in [3.05, 3.63) is 82.3 Å². The Hall–Kier alpha value is -3.47. The Morgan fingerprint density at radius 2 is 1.74 bits per heavy atom. The van der Waals surface area contributed by atoms with Gasteiger partial charge in [0.25, 0.3) is 15.9 Å². The lowest BCUT2D eigenvalue weighted by molar-refractivity contribution is -0.612. The highest BCUT2D eigenvalue weighted by Crippen LogP contribution is 2.23. The Kier molecular flexibility index (Phi) is 5.96. The van der Waals surface area contributed by atoms with E-state index in [-0.39, 0.29) is 37.2 Å². The van der Waals surface area contributed by atoms with Gasteiger partial charge in [-0.2, -0.15) is 9.04 Å². The molecule has 1 fully saturated rings. The number of aryl methyl sites for hydroxylation is 1. The molecule has 1 aliphatic heterocycles. The average molecular weight is 512 g/mol. The van der Waals surface area contributed by atoms with E-state index in [2.05, 4.69) is 9.97 Å². The number of halogens is 1. The summed E-state index contributed by atoms with van der Waals surface area (Å²) in [6.45, 7) is 2.61. The Labute approximate surface area is 207 Å². The number of nitrogens with zero attached hydrogens (tertiary/aromatic N) is 4. The summed E-state index contributed by atoms with van der Waals surface area (Å²) in [5.74, 6) is -0.159. The van der Waals surface area contributed by atoms with E-state index in [1.165, 1.54) is 10.5 Å². The first kappa shape index (κ1) is 23.3. The topological polar surface area (TPSA) is 113 Å². The molecule has 0 radical (unpaired) electrons. The summed E-state index contributed by atoms with van der Waals surface area (Å²) in [5, 5.41) is 11.9. The SMILES string of the molecule is Cc1cc(-c2ccc(C(=O)N3CCN(S(=O)(=O)c4nc5ccc(Cl)cc5[nH]4)CC3)cc2)cc[n+]1[O-]. The number of nitrogens with one attached hydrogen (secondary N) is 1. The summed E-state index contributed by atoms with van der Waals surface area (Å²) >= 11 is 5.98. The summed E-state index contributed by atoms with van der Waals surface area (Å²) < 4.78 is 28.3. The molecule has 0 atom stereocenters. The fraction of sp³-hybridized carbons (Fsp3) is 0.208. The zero-order valence-corrected chi connectivity index (χ0v) is 20.4. The first-order valence-corrected chi connectivity index (χ1v) is 12.8. The second-order valence-corrected chi connectivity index (χ2v) is 10.6. The zero-order chi connectivity index (χ0) is 24.7. The summed E-state index contributed by atoms with van der Waals surface area (Å²) in [4.78, 5) is 21.7. The van der Waals surface area contributed by atoms with E-state index in [1.807, 2.05) is 12.1 Å². The van der Waals surface area contributed by atoms with Crippen LogP contribution in [-0.4, -0.2) is 59.7 Å². The molecule has 1 amide bonds. The van der Waals surface area contributed by atoms with E-state index in [0.29, 0.717) is 27.3 Å². The van der Waals surface area contributed by atoms with Crippen LogP contribution >= 0.6 is 11.6 Å². The number of carbonyl (C=O) groups excluding carboxylic acids is 1. The molecule has 3 heterocycles. The molecule has 2 aromatic carbocycles. The molecule has 180 valence electrons. The molecule has 4 aromatic rings. The summed E-state index contributed by atoms with van der Waals surface area (Å²) in [6.07, 6.45) is 1.46. The summed E-state index contributed by atoms with van der Waals surface area (Å²) in [6, 6.07) is 15.6. The van der Waals surface area contributed by atoms with Gasteiger partial charge < -0.3 is 15.1 Å². The number of piperazine rings is 1. The molecule has 1 N–H and O–H groups in total. The second kappa shape index (κ2) is 8.95. The number of aromatic amines is 1. The van der Waals surface area contributed by atoms with Gasteiger partial charge in [-0.15, -0.1) is 0 Å². The van der Waals surface area contributed by atoms with Crippen LogP contribution in [0.4, 0.5) is 0 Å². The Morgan fingerprint density at radius 3 is 2.43 bits per heavy atom. The van der Waals surface area contributed by atoms with Crippen LogP contribution in [0.15, 0.2) is 66.0 Å². The number of fused-ring (bicyclic) bond motifs is 1. The van der Waals surface area contributed by atoms with Crippen molar-refractivity contribution in [3.63, 3.8) is 0 Å². The molecular formula is C24H22ClN5O4S. The normalized spacial score (nSPS) is 15.0.